The maximum Gasteiger partial charge on any atom is 0.320 e. The standard InChI is InChI=1S/C38H51N9O2/c1-26-10-12-27(13-11-26)42-36(24-33(39)38(2,3)4)44-37(48)43-31-15-16-32(30-9-7-6-8-29(30)31)49-28-14-17-34(40)47(25-28)35(41)18-19-46-22-20-45(5)21-23-46/h6-14,17,24-25,31-32,40-41H,15-16,18-23,39H2,1-5H3,(H2,42,43,44,48)/b33-24-,40-34?,41-35?. The van der Waals surface area contributed by atoms with Crippen LogP contribution < -0.4 is 26.6 Å². The van der Waals surface area contributed by atoms with E-state index in [1.54, 1.807) is 29.0 Å². The van der Waals surface area contributed by atoms with Crippen molar-refractivity contribution < 1.29 is 9.53 Å². The number of rotatable bonds is 8. The molecule has 2 heterocycles. The molecule has 2 aliphatic rings. The minimum Gasteiger partial charge on any atom is -0.484 e. The molecule has 2 aromatic carbocycles. The van der Waals surface area contributed by atoms with Crippen molar-refractivity contribution in [3.05, 3.63) is 101 Å². The number of allylic oxidation sites excluding steroid dienone is 1. The number of hydrogen-bond acceptors (Lipinski definition) is 8. The summed E-state index contributed by atoms with van der Waals surface area (Å²) < 4.78 is 8.12. The number of likely N-dealkylation sites (N-methyl/N-ethyl adjacent to an activating group) is 1. The quantitative estimate of drug-likeness (QED) is 0.157. The molecule has 3 aromatic rings. The summed E-state index contributed by atoms with van der Waals surface area (Å²) in [5.41, 5.74) is 10.8. The number of hydrogen-bond donors (Lipinski definition) is 5. The maximum absolute atomic E-state index is 13.4. The fourth-order valence-electron chi connectivity index (χ4n) is 5.95. The van der Waals surface area contributed by atoms with Crippen molar-refractivity contribution in [1.29, 1.82) is 10.8 Å². The molecule has 2 unspecified atom stereocenters. The molecule has 1 fully saturated rings. The average Bonchev–Trinajstić information content (AvgIpc) is 3.07. The number of aryl methyl sites for hydroxylation is 1. The zero-order valence-electron chi connectivity index (χ0n) is 29.4. The lowest BCUT2D eigenvalue weighted by Crippen LogP contribution is -2.45. The molecule has 1 saturated heterocycles. The number of ether oxygens (including phenoxy) is 1. The lowest BCUT2D eigenvalue weighted by molar-refractivity contribution is 0.157. The third kappa shape index (κ3) is 9.67. The molecule has 2 amide bonds. The molecule has 49 heavy (non-hydrogen) atoms. The van der Waals surface area contributed by atoms with E-state index in [9.17, 15) is 4.79 Å². The van der Waals surface area contributed by atoms with Crippen LogP contribution in [-0.4, -0.2) is 71.8 Å². The summed E-state index contributed by atoms with van der Waals surface area (Å²) in [5, 5.41) is 23.3. The number of pyridine rings is 1. The summed E-state index contributed by atoms with van der Waals surface area (Å²) in [7, 11) is 2.13. The number of urea groups is 1. The second-order valence-electron chi connectivity index (χ2n) is 14.1. The second-order valence-corrected chi connectivity index (χ2v) is 14.1. The Hall–Kier alpha value is -4.74. The van der Waals surface area contributed by atoms with Crippen LogP contribution in [0.15, 0.2) is 83.6 Å². The molecule has 0 saturated carbocycles. The molecule has 0 spiro atoms. The minimum atomic E-state index is -0.370. The molecule has 1 aromatic heterocycles. The Labute approximate surface area is 289 Å². The summed E-state index contributed by atoms with van der Waals surface area (Å²) >= 11 is 0. The van der Waals surface area contributed by atoms with Gasteiger partial charge in [0.2, 0.25) is 0 Å². The van der Waals surface area contributed by atoms with E-state index in [4.69, 9.17) is 21.3 Å². The van der Waals surface area contributed by atoms with Gasteiger partial charge in [-0.25, -0.2) is 9.79 Å². The number of amides is 2. The molecule has 0 radical (unpaired) electrons. The molecule has 2 atom stereocenters. The smallest absolute Gasteiger partial charge is 0.320 e. The summed E-state index contributed by atoms with van der Waals surface area (Å²) in [5.74, 6) is 1.34. The minimum absolute atomic E-state index is 0.232. The largest absolute Gasteiger partial charge is 0.484 e. The topological polar surface area (TPSA) is 148 Å². The van der Waals surface area contributed by atoms with E-state index in [1.165, 1.54) is 0 Å². The summed E-state index contributed by atoms with van der Waals surface area (Å²) in [6.07, 6.45) is 5.12. The molecule has 1 aliphatic carbocycles. The Balaban J connectivity index is 1.27. The van der Waals surface area contributed by atoms with Crippen LogP contribution in [0.25, 0.3) is 0 Å². The number of fused-ring (bicyclic) bond motifs is 1. The van der Waals surface area contributed by atoms with Crippen LogP contribution in [-0.2, 0) is 0 Å². The van der Waals surface area contributed by atoms with E-state index in [0.29, 0.717) is 48.1 Å². The molecule has 11 nitrogen and oxygen atoms in total. The Morgan fingerprint density at radius 1 is 1.02 bits per heavy atom. The molecule has 11 heteroatoms. The van der Waals surface area contributed by atoms with Crippen molar-refractivity contribution >= 4 is 23.4 Å². The monoisotopic (exact) mass is 665 g/mol. The van der Waals surface area contributed by atoms with Gasteiger partial charge in [0.05, 0.1) is 17.9 Å². The van der Waals surface area contributed by atoms with Gasteiger partial charge in [0.1, 0.15) is 29.0 Å². The van der Waals surface area contributed by atoms with Crippen LogP contribution in [0.4, 0.5) is 10.5 Å². The maximum atomic E-state index is 13.4. The van der Waals surface area contributed by atoms with Crippen LogP contribution in [0.3, 0.4) is 0 Å². The molecular weight excluding hydrogens is 614 g/mol. The van der Waals surface area contributed by atoms with E-state index in [-0.39, 0.29) is 29.1 Å². The first-order chi connectivity index (χ1) is 23.4. The molecule has 0 bridgehead atoms. The van der Waals surface area contributed by atoms with Gasteiger partial charge in [0, 0.05) is 56.3 Å². The highest BCUT2D eigenvalue weighted by Gasteiger charge is 2.30. The van der Waals surface area contributed by atoms with Crippen molar-refractivity contribution in [2.24, 2.45) is 16.1 Å². The van der Waals surface area contributed by atoms with E-state index in [0.717, 1.165) is 49.4 Å². The number of aliphatic imine (C=N–C) groups is 1. The van der Waals surface area contributed by atoms with Crippen LogP contribution in [0, 0.1) is 23.2 Å². The van der Waals surface area contributed by atoms with Gasteiger partial charge in [0.15, 0.2) is 0 Å². The van der Waals surface area contributed by atoms with Gasteiger partial charge in [-0.2, -0.15) is 0 Å². The van der Waals surface area contributed by atoms with Gasteiger partial charge in [0.25, 0.3) is 0 Å². The summed E-state index contributed by atoms with van der Waals surface area (Å²) in [6, 6.07) is 18.6. The highest BCUT2D eigenvalue weighted by atomic mass is 16.5. The number of piperazine rings is 1. The SMILES string of the molecule is Cc1ccc(N=C(/C=C(\N)C(C)(C)C)NC(=O)NC2CCC(Oc3ccc(=N)n(C(=N)CCN4CCN(C)CC4)c3)c3ccccc32)cc1. The van der Waals surface area contributed by atoms with Gasteiger partial charge >= 0.3 is 6.03 Å². The normalized spacial score (nSPS) is 19.2. The van der Waals surface area contributed by atoms with Crippen molar-refractivity contribution in [3.8, 4) is 5.75 Å². The molecule has 5 rings (SSSR count). The van der Waals surface area contributed by atoms with E-state index < -0.39 is 0 Å². The van der Waals surface area contributed by atoms with Gasteiger partial charge in [-0.15, -0.1) is 0 Å². The average molecular weight is 666 g/mol. The first-order valence-corrected chi connectivity index (χ1v) is 17.1. The van der Waals surface area contributed by atoms with Crippen molar-refractivity contribution in [2.45, 2.75) is 59.1 Å². The lowest BCUT2D eigenvalue weighted by atomic mass is 9.85. The lowest BCUT2D eigenvalue weighted by Gasteiger charge is -2.32. The van der Waals surface area contributed by atoms with Crippen molar-refractivity contribution in [3.63, 3.8) is 0 Å². The number of nitrogens with one attached hydrogen (secondary N) is 4. The van der Waals surface area contributed by atoms with E-state index in [2.05, 4.69) is 32.5 Å². The Bertz CT molecular complexity index is 1750. The number of carbonyl (C=O) groups excluding carboxylic acids is 1. The van der Waals surface area contributed by atoms with Crippen LogP contribution in [0.5, 0.6) is 5.75 Å². The van der Waals surface area contributed by atoms with E-state index >= 15 is 0 Å². The van der Waals surface area contributed by atoms with Crippen molar-refractivity contribution in [1.82, 2.24) is 25.0 Å². The van der Waals surface area contributed by atoms with Crippen molar-refractivity contribution in [2.75, 3.05) is 39.8 Å². The first kappa shape index (κ1) is 35.6. The van der Waals surface area contributed by atoms with Crippen LogP contribution in [0.2, 0.25) is 0 Å². The summed E-state index contributed by atoms with van der Waals surface area (Å²) in [6.45, 7) is 12.9. The highest BCUT2D eigenvalue weighted by molar-refractivity contribution is 6.05. The molecule has 6 N–H and O–H groups in total. The Kier molecular flexibility index (Phi) is 11.4. The third-order valence-electron chi connectivity index (χ3n) is 9.18. The molecule has 260 valence electrons. The van der Waals surface area contributed by atoms with Gasteiger partial charge in [-0.1, -0.05) is 62.7 Å². The van der Waals surface area contributed by atoms with E-state index in [1.807, 2.05) is 76.2 Å². The number of benzene rings is 2. The summed E-state index contributed by atoms with van der Waals surface area (Å²) in [4.78, 5) is 22.8. The van der Waals surface area contributed by atoms with Gasteiger partial charge in [-0.05, 0) is 62.2 Å². The van der Waals surface area contributed by atoms with Crippen LogP contribution in [0.1, 0.15) is 68.9 Å². The van der Waals surface area contributed by atoms with Gasteiger partial charge < -0.3 is 25.6 Å². The predicted molar refractivity (Wildman–Crippen MR) is 195 cm³/mol. The second kappa shape index (κ2) is 15.7. The van der Waals surface area contributed by atoms with Gasteiger partial charge in [-0.3, -0.25) is 20.7 Å². The van der Waals surface area contributed by atoms with Crippen LogP contribution >= 0.6 is 0 Å². The number of carbonyl (C=O) groups is 1. The zero-order chi connectivity index (χ0) is 35.1. The zero-order valence-corrected chi connectivity index (χ0v) is 29.4. The third-order valence-corrected chi connectivity index (χ3v) is 9.18. The number of nitrogens with zero attached hydrogens (tertiary/aromatic N) is 4. The molecule has 1 aliphatic heterocycles. The predicted octanol–water partition coefficient (Wildman–Crippen LogP) is 5.61. The number of nitrogens with two attached hydrogens (primary N) is 1. The fourth-order valence-corrected chi connectivity index (χ4v) is 5.95. The Morgan fingerprint density at radius 3 is 2.41 bits per heavy atom. The number of aromatic nitrogens is 1. The highest BCUT2D eigenvalue weighted by Crippen LogP contribution is 2.38. The molecular formula is C38H51N9O2. The fraction of sp³-hybridized carbons (Fsp3) is 0.421. The Morgan fingerprint density at radius 2 is 1.71 bits per heavy atom. The number of amidine groups is 1. The first-order valence-electron chi connectivity index (χ1n) is 17.1.